The van der Waals surface area contributed by atoms with E-state index in [1.807, 2.05) is 18.4 Å². The van der Waals surface area contributed by atoms with Crippen LogP contribution in [0.3, 0.4) is 0 Å². The molecule has 0 unspecified atom stereocenters. The molecular weight excluding hydrogens is 170 g/mol. The van der Waals surface area contributed by atoms with E-state index in [0.717, 1.165) is 16.5 Å². The van der Waals surface area contributed by atoms with Crippen LogP contribution in [0.5, 0.6) is 0 Å². The quantitative estimate of drug-likeness (QED) is 0.667. The molecule has 0 spiro atoms. The van der Waals surface area contributed by atoms with E-state index in [1.54, 1.807) is 23.7 Å². The minimum absolute atomic E-state index is 0.780. The molecule has 0 atom stereocenters. The maximum Gasteiger partial charge on any atom is 0.141 e. The number of nitrogens with zero attached hydrogens (tertiary/aromatic N) is 3. The van der Waals surface area contributed by atoms with Crippen molar-refractivity contribution >= 4 is 11.3 Å². The predicted octanol–water partition coefficient (Wildman–Crippen LogP) is 1.91. The highest BCUT2D eigenvalue weighted by Gasteiger charge is 2.00. The van der Waals surface area contributed by atoms with Crippen LogP contribution in [0.4, 0.5) is 0 Å². The summed E-state index contributed by atoms with van der Waals surface area (Å²) in [5.74, 6) is 0.780. The molecule has 2 aromatic rings. The van der Waals surface area contributed by atoms with Gasteiger partial charge in [-0.15, -0.1) is 11.3 Å². The van der Waals surface area contributed by atoms with Crippen LogP contribution in [-0.4, -0.2) is 15.0 Å². The van der Waals surface area contributed by atoms with Crippen molar-refractivity contribution in [3.63, 3.8) is 0 Å². The lowest BCUT2D eigenvalue weighted by Gasteiger charge is -1.94. The standard InChI is InChI=1S/C8H7N3S/c1-6-9-3-2-7(11-6)8-10-4-5-12-8/h2-5H,1H3. The molecule has 0 saturated heterocycles. The molecule has 0 aliphatic heterocycles. The van der Waals surface area contributed by atoms with Crippen molar-refractivity contribution in [1.29, 1.82) is 0 Å². The number of rotatable bonds is 1. The molecule has 0 aliphatic carbocycles. The Morgan fingerprint density at radius 3 is 2.83 bits per heavy atom. The second-order valence-corrected chi connectivity index (χ2v) is 3.22. The fourth-order valence-corrected chi connectivity index (χ4v) is 1.53. The molecule has 0 aliphatic rings. The average molecular weight is 177 g/mol. The van der Waals surface area contributed by atoms with Crippen LogP contribution in [0.1, 0.15) is 5.82 Å². The van der Waals surface area contributed by atoms with Crippen molar-refractivity contribution < 1.29 is 0 Å². The monoisotopic (exact) mass is 177 g/mol. The second kappa shape index (κ2) is 2.98. The largest absolute Gasteiger partial charge is 0.243 e. The van der Waals surface area contributed by atoms with Gasteiger partial charge in [0.05, 0.1) is 0 Å². The molecule has 0 saturated carbocycles. The van der Waals surface area contributed by atoms with Crippen molar-refractivity contribution in [1.82, 2.24) is 15.0 Å². The van der Waals surface area contributed by atoms with Crippen molar-refractivity contribution in [3.8, 4) is 10.7 Å². The number of hydrogen-bond donors (Lipinski definition) is 0. The third kappa shape index (κ3) is 1.33. The molecule has 2 heterocycles. The molecule has 0 fully saturated rings. The second-order valence-electron chi connectivity index (χ2n) is 2.33. The van der Waals surface area contributed by atoms with Gasteiger partial charge in [-0.1, -0.05) is 0 Å². The summed E-state index contributed by atoms with van der Waals surface area (Å²) in [6.45, 7) is 1.87. The molecule has 4 heteroatoms. The molecule has 0 aromatic carbocycles. The molecule has 0 bridgehead atoms. The van der Waals surface area contributed by atoms with Crippen LogP contribution >= 0.6 is 11.3 Å². The third-order valence-corrected chi connectivity index (χ3v) is 2.22. The first kappa shape index (κ1) is 7.36. The molecule has 12 heavy (non-hydrogen) atoms. The van der Waals surface area contributed by atoms with Crippen molar-refractivity contribution in [2.45, 2.75) is 6.92 Å². The molecule has 3 nitrogen and oxygen atoms in total. The summed E-state index contributed by atoms with van der Waals surface area (Å²) in [4.78, 5) is 12.4. The number of aryl methyl sites for hydroxylation is 1. The Balaban J connectivity index is 2.48. The highest BCUT2D eigenvalue weighted by molar-refractivity contribution is 7.13. The Morgan fingerprint density at radius 2 is 2.17 bits per heavy atom. The van der Waals surface area contributed by atoms with Crippen molar-refractivity contribution in [3.05, 3.63) is 29.7 Å². The Bertz CT molecular complexity index is 370. The Kier molecular flexibility index (Phi) is 1.83. The van der Waals surface area contributed by atoms with E-state index in [9.17, 15) is 0 Å². The highest BCUT2D eigenvalue weighted by atomic mass is 32.1. The molecule has 0 amide bonds. The minimum atomic E-state index is 0.780. The highest BCUT2D eigenvalue weighted by Crippen LogP contribution is 2.18. The van der Waals surface area contributed by atoms with Gasteiger partial charge in [-0.2, -0.15) is 0 Å². The van der Waals surface area contributed by atoms with Gasteiger partial charge in [0.15, 0.2) is 0 Å². The van der Waals surface area contributed by atoms with E-state index in [4.69, 9.17) is 0 Å². The molecule has 0 radical (unpaired) electrons. The van der Waals surface area contributed by atoms with Gasteiger partial charge in [0.2, 0.25) is 0 Å². The summed E-state index contributed by atoms with van der Waals surface area (Å²) < 4.78 is 0. The van der Waals surface area contributed by atoms with E-state index in [1.165, 1.54) is 0 Å². The molecular formula is C8H7N3S. The summed E-state index contributed by atoms with van der Waals surface area (Å²) in [6, 6.07) is 1.87. The van der Waals surface area contributed by atoms with Gasteiger partial charge in [-0.25, -0.2) is 15.0 Å². The van der Waals surface area contributed by atoms with Crippen LogP contribution in [0.15, 0.2) is 23.8 Å². The first-order chi connectivity index (χ1) is 5.86. The number of hydrogen-bond acceptors (Lipinski definition) is 4. The summed E-state index contributed by atoms with van der Waals surface area (Å²) >= 11 is 1.58. The zero-order valence-electron chi connectivity index (χ0n) is 6.56. The average Bonchev–Trinajstić information content (AvgIpc) is 2.56. The first-order valence-corrected chi connectivity index (χ1v) is 4.44. The van der Waals surface area contributed by atoms with E-state index in [-0.39, 0.29) is 0 Å². The molecule has 2 aromatic heterocycles. The number of thiazole rings is 1. The van der Waals surface area contributed by atoms with Crippen LogP contribution in [0, 0.1) is 6.92 Å². The van der Waals surface area contributed by atoms with Crippen LogP contribution in [0.25, 0.3) is 10.7 Å². The van der Waals surface area contributed by atoms with Gasteiger partial charge in [0.1, 0.15) is 16.5 Å². The Hall–Kier alpha value is -1.29. The van der Waals surface area contributed by atoms with Crippen molar-refractivity contribution in [2.75, 3.05) is 0 Å². The van der Waals surface area contributed by atoms with Crippen LogP contribution in [-0.2, 0) is 0 Å². The summed E-state index contributed by atoms with van der Waals surface area (Å²) in [6.07, 6.45) is 3.52. The van der Waals surface area contributed by atoms with E-state index >= 15 is 0 Å². The van der Waals surface area contributed by atoms with Gasteiger partial charge < -0.3 is 0 Å². The van der Waals surface area contributed by atoms with Gasteiger partial charge in [0, 0.05) is 17.8 Å². The zero-order valence-corrected chi connectivity index (χ0v) is 7.38. The smallest absolute Gasteiger partial charge is 0.141 e. The third-order valence-electron chi connectivity index (χ3n) is 1.43. The normalized spacial score (nSPS) is 10.1. The van der Waals surface area contributed by atoms with Gasteiger partial charge in [0.25, 0.3) is 0 Å². The lowest BCUT2D eigenvalue weighted by Crippen LogP contribution is -1.88. The van der Waals surface area contributed by atoms with Gasteiger partial charge in [-0.05, 0) is 13.0 Å². The van der Waals surface area contributed by atoms with E-state index < -0.39 is 0 Å². The van der Waals surface area contributed by atoms with E-state index in [2.05, 4.69) is 15.0 Å². The van der Waals surface area contributed by atoms with Crippen molar-refractivity contribution in [2.24, 2.45) is 0 Å². The Labute approximate surface area is 74.2 Å². The maximum absolute atomic E-state index is 4.25. The zero-order chi connectivity index (χ0) is 8.39. The fourth-order valence-electron chi connectivity index (χ4n) is 0.925. The maximum atomic E-state index is 4.25. The fraction of sp³-hybridized carbons (Fsp3) is 0.125. The first-order valence-electron chi connectivity index (χ1n) is 3.56. The van der Waals surface area contributed by atoms with Gasteiger partial charge >= 0.3 is 0 Å². The van der Waals surface area contributed by atoms with Crippen LogP contribution < -0.4 is 0 Å². The summed E-state index contributed by atoms with van der Waals surface area (Å²) in [5.41, 5.74) is 0.900. The molecule has 60 valence electrons. The topological polar surface area (TPSA) is 38.7 Å². The minimum Gasteiger partial charge on any atom is -0.243 e. The summed E-state index contributed by atoms with van der Waals surface area (Å²) in [5, 5.41) is 2.88. The molecule has 0 N–H and O–H groups in total. The van der Waals surface area contributed by atoms with Gasteiger partial charge in [-0.3, -0.25) is 0 Å². The lowest BCUT2D eigenvalue weighted by atomic mass is 10.4. The summed E-state index contributed by atoms with van der Waals surface area (Å²) in [7, 11) is 0. The van der Waals surface area contributed by atoms with E-state index in [0.29, 0.717) is 0 Å². The van der Waals surface area contributed by atoms with Crippen LogP contribution in [0.2, 0.25) is 0 Å². The Morgan fingerprint density at radius 1 is 1.25 bits per heavy atom. The predicted molar refractivity (Wildman–Crippen MR) is 47.9 cm³/mol. The molecule has 2 rings (SSSR count). The SMILES string of the molecule is Cc1nccc(-c2nccs2)n1. The number of aromatic nitrogens is 3. The lowest BCUT2D eigenvalue weighted by molar-refractivity contribution is 1.06.